The maximum atomic E-state index is 14.4. The first-order valence-corrected chi connectivity index (χ1v) is 38.1. The summed E-state index contributed by atoms with van der Waals surface area (Å²) in [6.45, 7) is 14.5. The number of phenols is 1. The van der Waals surface area contributed by atoms with Crippen molar-refractivity contribution in [1.82, 2.24) is 27.7 Å². The number of hydrogen-bond acceptors (Lipinski definition) is 15. The van der Waals surface area contributed by atoms with Crippen LogP contribution in [0.1, 0.15) is 90.0 Å². The van der Waals surface area contributed by atoms with Crippen LogP contribution in [-0.2, 0) is 63.1 Å². The summed E-state index contributed by atoms with van der Waals surface area (Å²) in [6, 6.07) is 37.8. The van der Waals surface area contributed by atoms with Crippen molar-refractivity contribution in [3.8, 4) is 23.6 Å². The number of amides is 3. The number of nitrogen functional groups attached to an aromatic ring is 1. The molecule has 2 aromatic heterocycles. The second kappa shape index (κ2) is 28.8. The lowest BCUT2D eigenvalue weighted by molar-refractivity contribution is -0.140. The molecule has 4 aliphatic rings. The maximum absolute atomic E-state index is 14.4. The predicted molar refractivity (Wildman–Crippen MR) is 382 cm³/mol. The first-order chi connectivity index (χ1) is 46.1. The van der Waals surface area contributed by atoms with Crippen molar-refractivity contribution < 1.29 is 50.7 Å². The molecule has 4 aliphatic heterocycles. The number of halogens is 4. The standard InChI is InChI=1S/C31H26Cl2N6O5S.C25H21Cl2N5O5S.C12H21NOSi.CH4/c1-31(16-19-4-6-20(17-34)7-5-19)29(42)38(24-14-21(32)13-22(33)15-24)30-35-18-27(39(30)31)45(43,44)37-12-2-3-26(37)28(41)36-23-8-10-25(40)11-9-23;1-25(12-15-4-6-16(13-28)7-5-15)23(35)31(19-10-17(26)9-18(27)11-19)24-29-14-21(32(24)25)38(36,37)30-8-2-3-20(30)22(33)34;1-12(2,3)15(4,5)14-11-8-6-10(13)7-9-11;/h4-11,13-15,18,26,40H,2-3,12,16H2,1H3,(H,36,41);4-7,9-11,14,20H,2-3,8,12H2,1H3,(H,33,34);6-9H,13H2,1-5H3;1H4/t26-,31+;20-,25+;;/m00../s1. The molecule has 0 spiro atoms. The minimum atomic E-state index is -4.37. The van der Waals surface area contributed by atoms with E-state index in [1.54, 1.807) is 62.4 Å². The van der Waals surface area contributed by atoms with E-state index in [9.17, 15) is 51.5 Å². The van der Waals surface area contributed by atoms with Crippen LogP contribution in [0, 0.1) is 22.7 Å². The molecule has 0 aliphatic carbocycles. The minimum absolute atomic E-state index is 0. The predicted octanol–water partition coefficient (Wildman–Crippen LogP) is 13.4. The van der Waals surface area contributed by atoms with Crippen molar-refractivity contribution in [3.05, 3.63) is 188 Å². The molecular formula is C69H72Cl4N12O11S2Si. The van der Waals surface area contributed by atoms with Gasteiger partial charge in [-0.2, -0.15) is 19.1 Å². The Morgan fingerprint density at radius 2 is 1.05 bits per heavy atom. The van der Waals surface area contributed by atoms with Crippen LogP contribution in [0.5, 0.6) is 11.5 Å². The van der Waals surface area contributed by atoms with Gasteiger partial charge in [-0.15, -0.1) is 0 Å². The molecule has 0 unspecified atom stereocenters. The number of hydrogen-bond donors (Lipinski definition) is 4. The quantitative estimate of drug-likeness (QED) is 0.0421. The van der Waals surface area contributed by atoms with Crippen LogP contribution in [0.4, 0.5) is 34.6 Å². The number of nitrogens with zero attached hydrogens (tertiary/aromatic N) is 10. The molecule has 5 N–H and O–H groups in total. The van der Waals surface area contributed by atoms with Gasteiger partial charge in [-0.1, -0.05) is 98.9 Å². The third kappa shape index (κ3) is 14.9. The lowest BCUT2D eigenvalue weighted by Crippen LogP contribution is -2.46. The van der Waals surface area contributed by atoms with Crippen molar-refractivity contribution in [3.63, 3.8) is 0 Å². The van der Waals surface area contributed by atoms with Crippen LogP contribution in [-0.4, -0.2) is 112 Å². The number of benzene rings is 6. The van der Waals surface area contributed by atoms with Crippen molar-refractivity contribution in [2.45, 2.75) is 132 Å². The fourth-order valence-corrected chi connectivity index (χ4v) is 17.7. The smallest absolute Gasteiger partial charge is 0.322 e. The van der Waals surface area contributed by atoms with Crippen molar-refractivity contribution in [2.24, 2.45) is 0 Å². The van der Waals surface area contributed by atoms with Gasteiger partial charge in [0.05, 0.1) is 47.0 Å². The Morgan fingerprint density at radius 3 is 1.43 bits per heavy atom. The summed E-state index contributed by atoms with van der Waals surface area (Å²) in [5.41, 5.74) is 6.70. The van der Waals surface area contributed by atoms with E-state index in [0.717, 1.165) is 26.2 Å². The summed E-state index contributed by atoms with van der Waals surface area (Å²) < 4.78 is 67.4. The number of aromatic nitrogens is 4. The largest absolute Gasteiger partial charge is 0.544 e. The van der Waals surface area contributed by atoms with E-state index in [2.05, 4.69) is 55.2 Å². The average Bonchev–Trinajstić information content (AvgIpc) is 1.55. The van der Waals surface area contributed by atoms with E-state index in [1.165, 1.54) is 85.8 Å². The number of rotatable bonds is 15. The molecule has 23 nitrogen and oxygen atoms in total. The van der Waals surface area contributed by atoms with Crippen LogP contribution in [0.25, 0.3) is 0 Å². The Labute approximate surface area is 595 Å². The van der Waals surface area contributed by atoms with Gasteiger partial charge in [0, 0.05) is 57.4 Å². The van der Waals surface area contributed by atoms with Gasteiger partial charge in [0.25, 0.3) is 31.9 Å². The van der Waals surface area contributed by atoms with Gasteiger partial charge in [-0.05, 0) is 178 Å². The first kappa shape index (κ1) is 74.4. The number of anilines is 6. The number of nitrogens with two attached hydrogens (primary N) is 1. The van der Waals surface area contributed by atoms with E-state index in [0.29, 0.717) is 58.6 Å². The first-order valence-electron chi connectivity index (χ1n) is 30.8. The summed E-state index contributed by atoms with van der Waals surface area (Å²) in [7, 11) is -10.4. The molecule has 2 saturated heterocycles. The van der Waals surface area contributed by atoms with Gasteiger partial charge in [0.15, 0.2) is 10.1 Å². The van der Waals surface area contributed by atoms with E-state index >= 15 is 0 Å². The number of aromatic hydroxyl groups is 1. The fraction of sp³-hybridized carbons (Fsp3) is 0.304. The SMILES string of the molecule is C.CC(C)(C)[Si](C)(C)Oc1ccc(N)cc1.C[C@@]1(Cc2ccc(C#N)cc2)C(=O)N(c2cc(Cl)cc(Cl)c2)c2ncc(S(=O)(=O)N3CCC[C@H]3C(=O)Nc3ccc(O)cc3)n21.C[C@@]1(Cc2ccc(C#N)cc2)C(=O)N(c2cc(Cl)cc(Cl)c2)c2ncc(S(=O)(=O)N3CCC[C@H]3C(=O)O)n21. The molecule has 30 heteroatoms. The lowest BCUT2D eigenvalue weighted by atomic mass is 9.91. The molecule has 12 rings (SSSR count). The average molecular weight is 1480 g/mol. The van der Waals surface area contributed by atoms with Crippen LogP contribution in [0.2, 0.25) is 38.2 Å². The number of imidazole rings is 2. The van der Waals surface area contributed by atoms with Crippen LogP contribution >= 0.6 is 46.4 Å². The third-order valence-electron chi connectivity index (χ3n) is 17.9. The van der Waals surface area contributed by atoms with Gasteiger partial charge in [-0.25, -0.2) is 36.6 Å². The Bertz CT molecular complexity index is 4720. The van der Waals surface area contributed by atoms with E-state index in [4.69, 9.17) is 61.8 Å². The number of nitriles is 2. The summed E-state index contributed by atoms with van der Waals surface area (Å²) in [5.74, 6) is -1.65. The number of carbonyl (C=O) groups is 4. The van der Waals surface area contributed by atoms with Crippen LogP contribution in [0.3, 0.4) is 0 Å². The molecule has 3 amide bonds. The summed E-state index contributed by atoms with van der Waals surface area (Å²) in [5, 5.41) is 41.1. The summed E-state index contributed by atoms with van der Waals surface area (Å²) >= 11 is 25.0. The molecular weight excluding hydrogens is 1410 g/mol. The zero-order valence-corrected chi connectivity index (χ0v) is 59.8. The zero-order chi connectivity index (χ0) is 71.2. The van der Waals surface area contributed by atoms with E-state index < -0.39 is 75.2 Å². The number of nitrogens with one attached hydrogen (secondary N) is 1. The molecule has 99 heavy (non-hydrogen) atoms. The highest BCUT2D eigenvalue weighted by Crippen LogP contribution is 2.48. The maximum Gasteiger partial charge on any atom is 0.322 e. The van der Waals surface area contributed by atoms with Gasteiger partial charge in [-0.3, -0.25) is 28.3 Å². The number of fused-ring (bicyclic) bond motifs is 2. The highest BCUT2D eigenvalue weighted by molar-refractivity contribution is 7.89. The number of sulfonamides is 2. The van der Waals surface area contributed by atoms with Crippen molar-refractivity contribution >= 4 is 133 Å². The lowest BCUT2D eigenvalue weighted by Gasteiger charge is -2.36. The van der Waals surface area contributed by atoms with Gasteiger partial charge in [0.2, 0.25) is 26.1 Å². The Morgan fingerprint density at radius 1 is 0.657 bits per heavy atom. The number of carboxylic acids is 1. The second-order valence-electron chi connectivity index (χ2n) is 25.9. The van der Waals surface area contributed by atoms with Crippen molar-refractivity contribution in [2.75, 3.05) is 33.9 Å². The fourth-order valence-electron chi connectivity index (χ4n) is 12.0. The Balaban J connectivity index is 0.000000192. The zero-order valence-electron chi connectivity index (χ0n) is 54.1. The molecule has 8 aromatic rings. The topological polar surface area (TPSA) is 320 Å². The normalized spacial score (nSPS) is 19.2. The number of carboxylic acid groups (broad SMARTS) is 1. The Hall–Kier alpha value is -8.80. The number of phenolic OH excluding ortho intramolecular Hbond substituents is 1. The minimum Gasteiger partial charge on any atom is -0.544 e. The second-order valence-corrected chi connectivity index (χ2v) is 36.0. The number of carbonyl (C=O) groups excluding carboxylic acids is 3. The van der Waals surface area contributed by atoms with Gasteiger partial charge >= 0.3 is 5.97 Å². The highest BCUT2D eigenvalue weighted by Gasteiger charge is 2.55. The third-order valence-corrected chi connectivity index (χ3v) is 26.9. The van der Waals surface area contributed by atoms with E-state index in [1.807, 2.05) is 30.3 Å². The highest BCUT2D eigenvalue weighted by atomic mass is 35.5. The monoisotopic (exact) mass is 1480 g/mol. The number of aliphatic carboxylic acids is 1. The van der Waals surface area contributed by atoms with Crippen LogP contribution in [0.15, 0.2) is 156 Å². The molecule has 6 aromatic carbocycles. The Kier molecular flexibility index (Phi) is 21.7. The molecule has 0 radical (unpaired) electrons. The molecule has 518 valence electrons. The van der Waals surface area contributed by atoms with Gasteiger partial charge in [0.1, 0.15) is 34.7 Å². The molecule has 4 atom stereocenters. The van der Waals surface area contributed by atoms with Crippen LogP contribution < -0.4 is 25.3 Å². The molecule has 2 fully saturated rings. The summed E-state index contributed by atoms with van der Waals surface area (Å²) in [4.78, 5) is 64.8. The molecule has 6 heterocycles. The molecule has 0 saturated carbocycles. The summed E-state index contributed by atoms with van der Waals surface area (Å²) in [6.07, 6.45) is 3.79. The van der Waals surface area contributed by atoms with Crippen molar-refractivity contribution in [1.29, 1.82) is 10.5 Å². The van der Waals surface area contributed by atoms with E-state index in [-0.39, 0.29) is 92.6 Å². The molecule has 0 bridgehead atoms. The van der Waals surface area contributed by atoms with Gasteiger partial charge < -0.3 is 25.7 Å².